The van der Waals surface area contributed by atoms with Crippen LogP contribution < -0.4 is 11.3 Å². The van der Waals surface area contributed by atoms with Crippen LogP contribution in [0.25, 0.3) is 0 Å². The molecule has 1 amide bonds. The summed E-state index contributed by atoms with van der Waals surface area (Å²) in [6, 6.07) is 2.96. The molecule has 0 aromatic carbocycles. The van der Waals surface area contributed by atoms with Crippen molar-refractivity contribution in [3.8, 4) is 0 Å². The van der Waals surface area contributed by atoms with Crippen molar-refractivity contribution in [2.75, 3.05) is 18.8 Å². The van der Waals surface area contributed by atoms with Crippen molar-refractivity contribution >= 4 is 11.6 Å². The topological polar surface area (TPSA) is 68.3 Å². The number of anilines is 1. The van der Waals surface area contributed by atoms with Crippen molar-refractivity contribution in [2.24, 2.45) is 5.92 Å². The van der Waals surface area contributed by atoms with E-state index in [0.717, 1.165) is 31.8 Å². The van der Waals surface area contributed by atoms with Crippen LogP contribution in [0.1, 0.15) is 32.6 Å². The molecule has 0 bridgehead atoms. The largest absolute Gasteiger partial charge is 0.398 e. The molecule has 110 valence electrons. The number of nitrogens with two attached hydrogens (primary N) is 1. The minimum absolute atomic E-state index is 0.00875. The zero-order chi connectivity index (χ0) is 14.5. The van der Waals surface area contributed by atoms with Crippen LogP contribution in [0.4, 0.5) is 5.69 Å². The Labute approximate surface area is 119 Å². The second kappa shape index (κ2) is 6.59. The lowest BCUT2D eigenvalue weighted by Gasteiger charge is -2.21. The molecular formula is C15H23N3O2. The van der Waals surface area contributed by atoms with E-state index in [0.29, 0.717) is 5.69 Å². The zero-order valence-electron chi connectivity index (χ0n) is 12.0. The van der Waals surface area contributed by atoms with Gasteiger partial charge in [-0.25, -0.2) is 0 Å². The highest BCUT2D eigenvalue weighted by molar-refractivity contribution is 5.76. The molecule has 2 N–H and O–H groups in total. The molecule has 0 aliphatic carbocycles. The quantitative estimate of drug-likeness (QED) is 0.909. The fraction of sp³-hybridized carbons (Fsp3) is 0.600. The molecule has 1 aliphatic rings. The highest BCUT2D eigenvalue weighted by Crippen LogP contribution is 2.20. The third-order valence-electron chi connectivity index (χ3n) is 4.09. The van der Waals surface area contributed by atoms with E-state index in [4.69, 9.17) is 5.73 Å². The molecular weight excluding hydrogens is 254 g/mol. The Morgan fingerprint density at radius 3 is 2.90 bits per heavy atom. The van der Waals surface area contributed by atoms with E-state index in [2.05, 4.69) is 6.92 Å². The number of amides is 1. The van der Waals surface area contributed by atoms with Crippen LogP contribution in [0, 0.1) is 5.92 Å². The summed E-state index contributed by atoms with van der Waals surface area (Å²) in [6.45, 7) is 3.88. The zero-order valence-corrected chi connectivity index (χ0v) is 12.0. The summed E-state index contributed by atoms with van der Waals surface area (Å²) in [7, 11) is 0. The van der Waals surface area contributed by atoms with E-state index in [-0.39, 0.29) is 18.0 Å². The van der Waals surface area contributed by atoms with E-state index in [1.165, 1.54) is 29.7 Å². The fourth-order valence-corrected chi connectivity index (χ4v) is 2.74. The molecule has 1 aromatic heterocycles. The Kier molecular flexibility index (Phi) is 4.82. The van der Waals surface area contributed by atoms with Gasteiger partial charge in [0.25, 0.3) is 5.56 Å². The molecule has 1 fully saturated rings. The summed E-state index contributed by atoms with van der Waals surface area (Å²) in [5, 5.41) is 0. The maximum Gasteiger partial charge on any atom is 0.251 e. The van der Waals surface area contributed by atoms with Gasteiger partial charge in [-0.1, -0.05) is 13.3 Å². The van der Waals surface area contributed by atoms with Crippen LogP contribution in [0.2, 0.25) is 0 Å². The maximum absolute atomic E-state index is 12.3. The number of hydrogen-bond acceptors (Lipinski definition) is 3. The fourth-order valence-electron chi connectivity index (χ4n) is 2.74. The first kappa shape index (κ1) is 14.6. The van der Waals surface area contributed by atoms with Crippen molar-refractivity contribution in [1.29, 1.82) is 0 Å². The third-order valence-corrected chi connectivity index (χ3v) is 4.09. The minimum Gasteiger partial charge on any atom is -0.398 e. The maximum atomic E-state index is 12.3. The Balaban J connectivity index is 2.01. The van der Waals surface area contributed by atoms with Crippen LogP contribution in [0.15, 0.2) is 23.1 Å². The second-order valence-electron chi connectivity index (χ2n) is 5.51. The molecule has 1 unspecified atom stereocenters. The number of rotatable bonds is 3. The van der Waals surface area contributed by atoms with E-state index < -0.39 is 0 Å². The number of carbonyl (C=O) groups is 1. The Morgan fingerprint density at radius 1 is 1.35 bits per heavy atom. The van der Waals surface area contributed by atoms with Gasteiger partial charge in [0.05, 0.1) is 0 Å². The standard InChI is InChI=1S/C15H23N3O2/c1-2-12-4-3-8-17(9-7-12)15(20)11-18-10-13(16)5-6-14(18)19/h5-6,10,12H,2-4,7-9,11,16H2,1H3. The summed E-state index contributed by atoms with van der Waals surface area (Å²) in [4.78, 5) is 25.9. The predicted molar refractivity (Wildman–Crippen MR) is 79.3 cm³/mol. The van der Waals surface area contributed by atoms with Crippen LogP contribution in [0.5, 0.6) is 0 Å². The summed E-state index contributed by atoms with van der Waals surface area (Å²) < 4.78 is 1.39. The molecule has 5 nitrogen and oxygen atoms in total. The number of aromatic nitrogens is 1. The van der Waals surface area contributed by atoms with Gasteiger partial charge in [0.1, 0.15) is 6.54 Å². The minimum atomic E-state index is -0.186. The van der Waals surface area contributed by atoms with Crippen molar-refractivity contribution in [3.05, 3.63) is 28.7 Å². The summed E-state index contributed by atoms with van der Waals surface area (Å²) in [5.41, 5.74) is 5.97. The first-order valence-corrected chi connectivity index (χ1v) is 7.34. The van der Waals surface area contributed by atoms with Crippen molar-refractivity contribution in [1.82, 2.24) is 9.47 Å². The number of carbonyl (C=O) groups excluding carboxylic acids is 1. The second-order valence-corrected chi connectivity index (χ2v) is 5.51. The van der Waals surface area contributed by atoms with Gasteiger partial charge in [-0.2, -0.15) is 0 Å². The highest BCUT2D eigenvalue weighted by atomic mass is 16.2. The number of likely N-dealkylation sites (tertiary alicyclic amines) is 1. The average molecular weight is 277 g/mol. The SMILES string of the molecule is CCC1CCCN(C(=O)Cn2cc(N)ccc2=O)CC1. The first-order valence-electron chi connectivity index (χ1n) is 7.34. The van der Waals surface area contributed by atoms with Gasteiger partial charge in [-0.15, -0.1) is 0 Å². The van der Waals surface area contributed by atoms with Crippen molar-refractivity contribution in [3.63, 3.8) is 0 Å². The molecule has 1 aliphatic heterocycles. The van der Waals surface area contributed by atoms with Crippen molar-refractivity contribution in [2.45, 2.75) is 39.2 Å². The van der Waals surface area contributed by atoms with Crippen molar-refractivity contribution < 1.29 is 4.79 Å². The predicted octanol–water partition coefficient (Wildman–Crippen LogP) is 1.47. The number of hydrogen-bond donors (Lipinski definition) is 1. The molecule has 0 radical (unpaired) electrons. The Bertz CT molecular complexity index is 524. The van der Waals surface area contributed by atoms with Gasteiger partial charge in [0.15, 0.2) is 0 Å². The number of nitrogens with zero attached hydrogens (tertiary/aromatic N) is 2. The summed E-state index contributed by atoms with van der Waals surface area (Å²) in [6.07, 6.45) is 6.02. The number of nitrogen functional groups attached to an aromatic ring is 1. The molecule has 1 saturated heterocycles. The lowest BCUT2D eigenvalue weighted by molar-refractivity contribution is -0.131. The Hall–Kier alpha value is -1.78. The van der Waals surface area contributed by atoms with Crippen LogP contribution in [-0.4, -0.2) is 28.5 Å². The monoisotopic (exact) mass is 277 g/mol. The van der Waals surface area contributed by atoms with E-state index in [1.807, 2.05) is 4.90 Å². The van der Waals surface area contributed by atoms with E-state index in [9.17, 15) is 9.59 Å². The molecule has 0 saturated carbocycles. The van der Waals surface area contributed by atoms with Gasteiger partial charge in [-0.3, -0.25) is 9.59 Å². The molecule has 1 atom stereocenters. The van der Waals surface area contributed by atoms with Gasteiger partial charge >= 0.3 is 0 Å². The normalized spacial score (nSPS) is 19.6. The number of pyridine rings is 1. The van der Waals surface area contributed by atoms with E-state index in [1.54, 1.807) is 6.07 Å². The highest BCUT2D eigenvalue weighted by Gasteiger charge is 2.20. The molecule has 1 aromatic rings. The third kappa shape index (κ3) is 3.62. The smallest absolute Gasteiger partial charge is 0.251 e. The van der Waals surface area contributed by atoms with E-state index >= 15 is 0 Å². The molecule has 2 rings (SSSR count). The Morgan fingerprint density at radius 2 is 2.15 bits per heavy atom. The van der Waals surface area contributed by atoms with Gasteiger partial charge in [0.2, 0.25) is 5.91 Å². The molecule has 5 heteroatoms. The summed E-state index contributed by atoms with van der Waals surface area (Å²) in [5.74, 6) is 0.734. The average Bonchev–Trinajstić information content (AvgIpc) is 2.68. The van der Waals surface area contributed by atoms with Gasteiger partial charge in [0, 0.05) is 31.0 Å². The molecule has 2 heterocycles. The lowest BCUT2D eigenvalue weighted by Crippen LogP contribution is -2.37. The summed E-state index contributed by atoms with van der Waals surface area (Å²) >= 11 is 0. The van der Waals surface area contributed by atoms with Gasteiger partial charge < -0.3 is 15.2 Å². The van der Waals surface area contributed by atoms with Crippen LogP contribution >= 0.6 is 0 Å². The van der Waals surface area contributed by atoms with Crippen LogP contribution in [0.3, 0.4) is 0 Å². The van der Waals surface area contributed by atoms with Gasteiger partial charge in [-0.05, 0) is 31.2 Å². The molecule has 0 spiro atoms. The first-order chi connectivity index (χ1) is 9.60. The lowest BCUT2D eigenvalue weighted by atomic mass is 9.98. The molecule has 20 heavy (non-hydrogen) atoms. The van der Waals surface area contributed by atoms with Crippen LogP contribution in [-0.2, 0) is 11.3 Å².